The maximum Gasteiger partial charge on any atom is 0.234 e. The number of carbonyl (C=O) groups is 1. The number of ether oxygens (including phenoxy) is 1. The number of anilines is 1. The van der Waals surface area contributed by atoms with E-state index in [1.165, 1.54) is 11.8 Å². The average molecular weight is 451 g/mol. The molecule has 29 heavy (non-hydrogen) atoms. The Hall–Kier alpha value is -2.22. The Labute approximate surface area is 183 Å². The molecule has 152 valence electrons. The predicted molar refractivity (Wildman–Crippen MR) is 117 cm³/mol. The molecule has 0 unspecified atom stereocenters. The lowest BCUT2D eigenvalue weighted by atomic mass is 10.2. The monoisotopic (exact) mass is 450 g/mol. The number of rotatable bonds is 8. The number of aromatic nitrogens is 3. The van der Waals surface area contributed by atoms with E-state index in [0.717, 1.165) is 5.56 Å². The second kappa shape index (κ2) is 10.0. The molecule has 0 aliphatic rings. The van der Waals surface area contributed by atoms with Crippen molar-refractivity contribution in [1.29, 1.82) is 0 Å². The third-order valence-electron chi connectivity index (χ3n) is 4.09. The molecule has 0 radical (unpaired) electrons. The van der Waals surface area contributed by atoms with E-state index >= 15 is 0 Å². The van der Waals surface area contributed by atoms with Crippen LogP contribution in [0.3, 0.4) is 0 Å². The number of hydrogen-bond donors (Lipinski definition) is 1. The van der Waals surface area contributed by atoms with Crippen LogP contribution in [-0.2, 0) is 17.9 Å². The third kappa shape index (κ3) is 5.65. The summed E-state index contributed by atoms with van der Waals surface area (Å²) >= 11 is 13.5. The molecule has 0 saturated carbocycles. The van der Waals surface area contributed by atoms with Gasteiger partial charge in [0, 0.05) is 17.3 Å². The molecule has 6 nitrogen and oxygen atoms in total. The van der Waals surface area contributed by atoms with Gasteiger partial charge in [0.05, 0.1) is 10.8 Å². The first-order chi connectivity index (χ1) is 14.0. The summed E-state index contributed by atoms with van der Waals surface area (Å²) in [6.45, 7) is 4.79. The average Bonchev–Trinajstić information content (AvgIpc) is 3.10. The van der Waals surface area contributed by atoms with E-state index in [1.807, 2.05) is 42.7 Å². The number of halogens is 2. The molecule has 0 bridgehead atoms. The lowest BCUT2D eigenvalue weighted by molar-refractivity contribution is -0.113. The number of aryl methyl sites for hydroxylation is 1. The minimum Gasteiger partial charge on any atom is -0.484 e. The van der Waals surface area contributed by atoms with Crippen LogP contribution in [0.4, 0.5) is 5.69 Å². The van der Waals surface area contributed by atoms with Crippen LogP contribution in [-0.4, -0.2) is 26.4 Å². The minimum absolute atomic E-state index is 0.144. The summed E-state index contributed by atoms with van der Waals surface area (Å²) in [6, 6.07) is 12.7. The molecule has 1 aromatic heterocycles. The standard InChI is InChI=1S/C20H20Cl2N4O2S/c1-3-26-18(11-28-17-7-5-4-6-15(17)21)24-25-20(26)29-12-19(27)23-14-9-8-13(2)16(22)10-14/h4-10H,3,11-12H2,1-2H3,(H,23,27). The van der Waals surface area contributed by atoms with Crippen molar-refractivity contribution in [2.75, 3.05) is 11.1 Å². The molecule has 0 atom stereocenters. The molecule has 1 heterocycles. The minimum atomic E-state index is -0.144. The lowest BCUT2D eigenvalue weighted by Crippen LogP contribution is -2.15. The first kappa shape index (κ1) is 21.5. The van der Waals surface area contributed by atoms with Crippen molar-refractivity contribution in [2.45, 2.75) is 32.2 Å². The van der Waals surface area contributed by atoms with Crippen LogP contribution in [0.15, 0.2) is 47.6 Å². The van der Waals surface area contributed by atoms with Gasteiger partial charge in [-0.25, -0.2) is 0 Å². The van der Waals surface area contributed by atoms with Gasteiger partial charge in [0.2, 0.25) is 5.91 Å². The van der Waals surface area contributed by atoms with Gasteiger partial charge in [0.1, 0.15) is 12.4 Å². The summed E-state index contributed by atoms with van der Waals surface area (Å²) in [5.41, 5.74) is 1.62. The molecule has 3 aromatic rings. The second-order valence-electron chi connectivity index (χ2n) is 6.16. The predicted octanol–water partition coefficient (Wildman–Crippen LogP) is 5.22. The molecule has 9 heteroatoms. The van der Waals surface area contributed by atoms with E-state index in [4.69, 9.17) is 27.9 Å². The van der Waals surface area contributed by atoms with Gasteiger partial charge in [0.15, 0.2) is 11.0 Å². The van der Waals surface area contributed by atoms with Crippen molar-refractivity contribution in [3.05, 3.63) is 63.9 Å². The molecule has 0 aliphatic heterocycles. The zero-order valence-corrected chi connectivity index (χ0v) is 18.3. The zero-order chi connectivity index (χ0) is 20.8. The van der Waals surface area contributed by atoms with Crippen LogP contribution in [0.1, 0.15) is 18.3 Å². The number of nitrogens with one attached hydrogen (secondary N) is 1. The number of thioether (sulfide) groups is 1. The molecular weight excluding hydrogens is 431 g/mol. The number of hydrogen-bond acceptors (Lipinski definition) is 5. The Morgan fingerprint density at radius 2 is 1.97 bits per heavy atom. The molecule has 1 amide bonds. The van der Waals surface area contributed by atoms with E-state index < -0.39 is 0 Å². The number of para-hydroxylation sites is 1. The molecule has 2 aromatic carbocycles. The number of carbonyl (C=O) groups excluding carboxylic acids is 1. The molecule has 0 spiro atoms. The highest BCUT2D eigenvalue weighted by molar-refractivity contribution is 7.99. The fourth-order valence-electron chi connectivity index (χ4n) is 2.55. The fraction of sp³-hybridized carbons (Fsp3) is 0.250. The SMILES string of the molecule is CCn1c(COc2ccccc2Cl)nnc1SCC(=O)Nc1ccc(C)c(Cl)c1. The number of benzene rings is 2. The topological polar surface area (TPSA) is 69.0 Å². The third-order valence-corrected chi connectivity index (χ3v) is 5.78. The maximum absolute atomic E-state index is 12.3. The quantitative estimate of drug-likeness (QED) is 0.476. The van der Waals surface area contributed by atoms with E-state index in [2.05, 4.69) is 15.5 Å². The first-order valence-corrected chi connectivity index (χ1v) is 10.7. The van der Waals surface area contributed by atoms with Crippen LogP contribution < -0.4 is 10.1 Å². The summed E-state index contributed by atoms with van der Waals surface area (Å²) in [4.78, 5) is 12.3. The Morgan fingerprint density at radius 3 is 2.69 bits per heavy atom. The summed E-state index contributed by atoms with van der Waals surface area (Å²) in [5, 5.41) is 13.0. The normalized spacial score (nSPS) is 10.8. The highest BCUT2D eigenvalue weighted by atomic mass is 35.5. The smallest absolute Gasteiger partial charge is 0.234 e. The zero-order valence-electron chi connectivity index (χ0n) is 16.0. The lowest BCUT2D eigenvalue weighted by Gasteiger charge is -2.10. The van der Waals surface area contributed by atoms with E-state index in [9.17, 15) is 4.79 Å². The molecule has 0 aliphatic carbocycles. The number of amides is 1. The summed E-state index contributed by atoms with van der Waals surface area (Å²) in [6.07, 6.45) is 0. The maximum atomic E-state index is 12.3. The van der Waals surface area contributed by atoms with Crippen molar-refractivity contribution in [1.82, 2.24) is 14.8 Å². The highest BCUT2D eigenvalue weighted by Gasteiger charge is 2.14. The number of nitrogens with zero attached hydrogens (tertiary/aromatic N) is 3. The molecule has 3 rings (SSSR count). The van der Waals surface area contributed by atoms with Crippen LogP contribution in [0, 0.1) is 6.92 Å². The van der Waals surface area contributed by atoms with Crippen molar-refractivity contribution < 1.29 is 9.53 Å². The van der Waals surface area contributed by atoms with Gasteiger partial charge >= 0.3 is 0 Å². The van der Waals surface area contributed by atoms with Gasteiger partial charge in [0.25, 0.3) is 0 Å². The van der Waals surface area contributed by atoms with Gasteiger partial charge in [-0.3, -0.25) is 4.79 Å². The van der Waals surface area contributed by atoms with E-state index in [1.54, 1.807) is 18.2 Å². The molecule has 1 N–H and O–H groups in total. The van der Waals surface area contributed by atoms with Crippen LogP contribution in [0.25, 0.3) is 0 Å². The van der Waals surface area contributed by atoms with E-state index in [0.29, 0.717) is 39.0 Å². The Kier molecular flexibility index (Phi) is 7.41. The van der Waals surface area contributed by atoms with Crippen LogP contribution >= 0.6 is 35.0 Å². The highest BCUT2D eigenvalue weighted by Crippen LogP contribution is 2.25. The second-order valence-corrected chi connectivity index (χ2v) is 7.92. The van der Waals surface area contributed by atoms with Gasteiger partial charge in [-0.05, 0) is 43.7 Å². The molecular formula is C20H20Cl2N4O2S. The van der Waals surface area contributed by atoms with E-state index in [-0.39, 0.29) is 18.3 Å². The Bertz CT molecular complexity index is 1010. The van der Waals surface area contributed by atoms with Crippen molar-refractivity contribution in [3.63, 3.8) is 0 Å². The largest absolute Gasteiger partial charge is 0.484 e. The van der Waals surface area contributed by atoms with Crippen molar-refractivity contribution >= 4 is 46.6 Å². The van der Waals surface area contributed by atoms with Gasteiger partial charge in [-0.1, -0.05) is 53.2 Å². The van der Waals surface area contributed by atoms with Crippen LogP contribution in [0.2, 0.25) is 10.0 Å². The van der Waals surface area contributed by atoms with Gasteiger partial charge in [-0.15, -0.1) is 10.2 Å². The fourth-order valence-corrected chi connectivity index (χ4v) is 3.74. The Balaban J connectivity index is 1.59. The van der Waals surface area contributed by atoms with Gasteiger partial charge < -0.3 is 14.6 Å². The Morgan fingerprint density at radius 1 is 1.17 bits per heavy atom. The summed E-state index contributed by atoms with van der Waals surface area (Å²) in [5.74, 6) is 1.31. The first-order valence-electron chi connectivity index (χ1n) is 8.96. The van der Waals surface area contributed by atoms with Crippen molar-refractivity contribution in [3.8, 4) is 5.75 Å². The summed E-state index contributed by atoms with van der Waals surface area (Å²) < 4.78 is 7.66. The van der Waals surface area contributed by atoms with Gasteiger partial charge in [-0.2, -0.15) is 0 Å². The summed E-state index contributed by atoms with van der Waals surface area (Å²) in [7, 11) is 0. The molecule has 0 saturated heterocycles. The van der Waals surface area contributed by atoms with Crippen LogP contribution in [0.5, 0.6) is 5.75 Å². The molecule has 0 fully saturated rings. The van der Waals surface area contributed by atoms with Crippen molar-refractivity contribution in [2.24, 2.45) is 0 Å².